The molecule has 0 aliphatic heterocycles. The summed E-state index contributed by atoms with van der Waals surface area (Å²) < 4.78 is 35.3. The molecular formula is C21H20N2O4S3. The van der Waals surface area contributed by atoms with Crippen LogP contribution in [0.15, 0.2) is 53.4 Å². The van der Waals surface area contributed by atoms with E-state index in [2.05, 4.69) is 17.4 Å². The van der Waals surface area contributed by atoms with Gasteiger partial charge in [0.05, 0.1) is 16.2 Å². The molecule has 0 atom stereocenters. The maximum Gasteiger partial charge on any atom is 0.265 e. The molecule has 6 nitrogen and oxygen atoms in total. The van der Waals surface area contributed by atoms with E-state index in [1.165, 1.54) is 36.2 Å². The number of rotatable bonds is 6. The number of hydrogen-bond donors (Lipinski definition) is 1. The average Bonchev–Trinajstić information content (AvgIpc) is 3.27. The third-order valence-electron chi connectivity index (χ3n) is 4.53. The lowest BCUT2D eigenvalue weighted by Gasteiger charge is -2.16. The van der Waals surface area contributed by atoms with Gasteiger partial charge >= 0.3 is 0 Å². The predicted octanol–water partition coefficient (Wildman–Crippen LogP) is 5.02. The number of fused-ring (bicyclic) bond motifs is 3. The first-order valence-electron chi connectivity index (χ1n) is 9.23. The minimum absolute atomic E-state index is 0.0188. The van der Waals surface area contributed by atoms with Gasteiger partial charge in [-0.25, -0.2) is 12.7 Å². The highest BCUT2D eigenvalue weighted by Gasteiger charge is 2.23. The third-order valence-corrected chi connectivity index (χ3v) is 8.78. The van der Waals surface area contributed by atoms with Gasteiger partial charge in [0.25, 0.3) is 5.91 Å². The molecule has 2 aromatic carbocycles. The van der Waals surface area contributed by atoms with Crippen molar-refractivity contribution in [2.24, 2.45) is 0 Å². The second-order valence-corrected chi connectivity index (χ2v) is 11.0. The minimum Gasteiger partial charge on any atom is -0.492 e. The van der Waals surface area contributed by atoms with Crippen LogP contribution < -0.4 is 10.1 Å². The molecule has 0 spiro atoms. The first-order chi connectivity index (χ1) is 14.3. The van der Waals surface area contributed by atoms with Crippen LogP contribution in [0.5, 0.6) is 5.75 Å². The van der Waals surface area contributed by atoms with Gasteiger partial charge in [-0.15, -0.1) is 22.7 Å². The van der Waals surface area contributed by atoms with Crippen LogP contribution in [0, 0.1) is 0 Å². The smallest absolute Gasteiger partial charge is 0.265 e. The predicted molar refractivity (Wildman–Crippen MR) is 124 cm³/mol. The molecule has 156 valence electrons. The van der Waals surface area contributed by atoms with Gasteiger partial charge in [0.1, 0.15) is 10.6 Å². The van der Waals surface area contributed by atoms with Crippen LogP contribution in [0.1, 0.15) is 16.6 Å². The molecule has 0 bridgehead atoms. The molecule has 4 rings (SSSR count). The normalized spacial score (nSPS) is 12.0. The molecule has 4 aromatic rings. The largest absolute Gasteiger partial charge is 0.492 e. The van der Waals surface area contributed by atoms with Crippen molar-refractivity contribution >= 4 is 63.8 Å². The van der Waals surface area contributed by atoms with Crippen molar-refractivity contribution in [2.45, 2.75) is 11.8 Å². The zero-order chi connectivity index (χ0) is 21.5. The summed E-state index contributed by atoms with van der Waals surface area (Å²) in [7, 11) is -0.813. The third kappa shape index (κ3) is 3.69. The van der Waals surface area contributed by atoms with Gasteiger partial charge in [-0.3, -0.25) is 4.79 Å². The van der Waals surface area contributed by atoms with Crippen molar-refractivity contribution in [3.05, 3.63) is 53.4 Å². The number of anilines is 1. The van der Waals surface area contributed by atoms with Crippen LogP contribution in [0.3, 0.4) is 0 Å². The number of amides is 1. The van der Waals surface area contributed by atoms with E-state index < -0.39 is 10.0 Å². The van der Waals surface area contributed by atoms with Crippen LogP contribution in [0.4, 0.5) is 5.69 Å². The molecule has 0 aliphatic carbocycles. The van der Waals surface area contributed by atoms with Crippen LogP contribution in [-0.4, -0.2) is 39.3 Å². The monoisotopic (exact) mass is 460 g/mol. The first-order valence-corrected chi connectivity index (χ1v) is 12.3. The molecule has 1 N–H and O–H groups in total. The number of ether oxygens (including phenoxy) is 1. The van der Waals surface area contributed by atoms with E-state index in [9.17, 15) is 13.2 Å². The van der Waals surface area contributed by atoms with Gasteiger partial charge in [-0.05, 0) is 37.3 Å². The lowest BCUT2D eigenvalue weighted by molar-refractivity contribution is 0.103. The molecule has 0 radical (unpaired) electrons. The Morgan fingerprint density at radius 3 is 2.57 bits per heavy atom. The summed E-state index contributed by atoms with van der Waals surface area (Å²) in [5.74, 6) is -0.0165. The van der Waals surface area contributed by atoms with Gasteiger partial charge in [-0.2, -0.15) is 0 Å². The fraction of sp³-hybridized carbons (Fsp3) is 0.190. The van der Waals surface area contributed by atoms with E-state index in [-0.39, 0.29) is 16.6 Å². The summed E-state index contributed by atoms with van der Waals surface area (Å²) >= 11 is 3.09. The van der Waals surface area contributed by atoms with E-state index in [1.54, 1.807) is 30.4 Å². The quantitative estimate of drug-likeness (QED) is 0.438. The standard InChI is InChI=1S/C21H20N2O4S3/c1-4-27-15-10-9-13(11-19(15)30(25,26)23(2)3)22-21(24)18-12-17-20(29-18)14-7-5-6-8-16(14)28-17/h5-12H,4H2,1-3H3,(H,22,24). The number of benzene rings is 2. The molecular weight excluding hydrogens is 440 g/mol. The fourth-order valence-corrected chi connectivity index (χ4v) is 6.53. The maximum atomic E-state index is 12.8. The summed E-state index contributed by atoms with van der Waals surface area (Å²) in [4.78, 5) is 13.4. The number of thiophene rings is 2. The molecule has 0 aliphatic rings. The molecule has 0 saturated heterocycles. The van der Waals surface area contributed by atoms with Crippen molar-refractivity contribution in [1.82, 2.24) is 4.31 Å². The van der Waals surface area contributed by atoms with E-state index in [1.807, 2.05) is 18.2 Å². The summed E-state index contributed by atoms with van der Waals surface area (Å²) in [5, 5.41) is 3.96. The molecule has 1 amide bonds. The second-order valence-electron chi connectivity index (χ2n) is 6.74. The Morgan fingerprint density at radius 1 is 1.07 bits per heavy atom. The van der Waals surface area contributed by atoms with Crippen molar-refractivity contribution in [3.8, 4) is 5.75 Å². The minimum atomic E-state index is -3.73. The molecule has 2 aromatic heterocycles. The Morgan fingerprint density at radius 2 is 1.83 bits per heavy atom. The van der Waals surface area contributed by atoms with E-state index in [0.717, 1.165) is 19.1 Å². The highest BCUT2D eigenvalue weighted by molar-refractivity contribution is 7.89. The Labute approximate surface area is 182 Å². The Hall–Kier alpha value is -2.46. The fourth-order valence-electron chi connectivity index (χ4n) is 3.06. The van der Waals surface area contributed by atoms with Crippen LogP contribution in [-0.2, 0) is 10.0 Å². The van der Waals surface area contributed by atoms with Crippen LogP contribution in [0.2, 0.25) is 0 Å². The van der Waals surface area contributed by atoms with Crippen molar-refractivity contribution in [2.75, 3.05) is 26.0 Å². The van der Waals surface area contributed by atoms with Crippen LogP contribution >= 0.6 is 22.7 Å². The van der Waals surface area contributed by atoms with Gasteiger partial charge < -0.3 is 10.1 Å². The number of carbonyl (C=O) groups excluding carboxylic acids is 1. The van der Waals surface area contributed by atoms with E-state index in [0.29, 0.717) is 17.2 Å². The first kappa shape index (κ1) is 20.8. The zero-order valence-electron chi connectivity index (χ0n) is 16.6. The van der Waals surface area contributed by atoms with Gasteiger partial charge in [0.2, 0.25) is 10.0 Å². The maximum absolute atomic E-state index is 12.8. The van der Waals surface area contributed by atoms with Crippen molar-refractivity contribution in [1.29, 1.82) is 0 Å². The highest BCUT2D eigenvalue weighted by atomic mass is 32.2. The Kier molecular flexibility index (Phi) is 5.54. The summed E-state index contributed by atoms with van der Waals surface area (Å²) in [6.07, 6.45) is 0. The lowest BCUT2D eigenvalue weighted by Crippen LogP contribution is -2.23. The number of carbonyl (C=O) groups is 1. The lowest BCUT2D eigenvalue weighted by atomic mass is 10.2. The molecule has 30 heavy (non-hydrogen) atoms. The second kappa shape index (κ2) is 7.99. The summed E-state index contributed by atoms with van der Waals surface area (Å²) in [6.45, 7) is 2.12. The number of nitrogens with zero attached hydrogens (tertiary/aromatic N) is 1. The highest BCUT2D eigenvalue weighted by Crippen LogP contribution is 2.39. The zero-order valence-corrected chi connectivity index (χ0v) is 19.1. The summed E-state index contributed by atoms with van der Waals surface area (Å²) in [6, 6.07) is 14.6. The Balaban J connectivity index is 1.66. The van der Waals surface area contributed by atoms with Gasteiger partial charge in [0.15, 0.2) is 0 Å². The molecule has 0 unspecified atom stereocenters. The molecule has 9 heteroatoms. The van der Waals surface area contributed by atoms with Gasteiger partial charge in [0, 0.05) is 34.6 Å². The van der Waals surface area contributed by atoms with Crippen molar-refractivity contribution < 1.29 is 17.9 Å². The number of nitrogens with one attached hydrogen (secondary N) is 1. The number of hydrogen-bond acceptors (Lipinski definition) is 6. The van der Waals surface area contributed by atoms with Crippen LogP contribution in [0.25, 0.3) is 19.5 Å². The molecule has 0 fully saturated rings. The Bertz CT molecular complexity index is 1350. The average molecular weight is 461 g/mol. The molecule has 0 saturated carbocycles. The topological polar surface area (TPSA) is 75.7 Å². The number of sulfonamides is 1. The van der Waals surface area contributed by atoms with E-state index in [4.69, 9.17) is 4.74 Å². The molecule has 2 heterocycles. The summed E-state index contributed by atoms with van der Waals surface area (Å²) in [5.41, 5.74) is 0.394. The SMILES string of the molecule is CCOc1ccc(NC(=O)c2cc3sc4ccccc4c3s2)cc1S(=O)(=O)N(C)C. The van der Waals surface area contributed by atoms with E-state index >= 15 is 0 Å². The van der Waals surface area contributed by atoms with Crippen molar-refractivity contribution in [3.63, 3.8) is 0 Å². The van der Waals surface area contributed by atoms with Gasteiger partial charge in [-0.1, -0.05) is 18.2 Å².